The summed E-state index contributed by atoms with van der Waals surface area (Å²) < 4.78 is 11.2. The molecule has 3 heteroatoms. The molecule has 0 atom stereocenters. The van der Waals surface area contributed by atoms with Gasteiger partial charge < -0.3 is 9.47 Å². The number of carbonyl (C=O) groups is 1. The summed E-state index contributed by atoms with van der Waals surface area (Å²) in [6, 6.07) is 14.9. The first-order valence-electron chi connectivity index (χ1n) is 8.05. The van der Waals surface area contributed by atoms with E-state index in [2.05, 4.69) is 6.58 Å². The van der Waals surface area contributed by atoms with E-state index >= 15 is 0 Å². The number of ketones is 1. The predicted molar refractivity (Wildman–Crippen MR) is 101 cm³/mol. The maximum Gasteiger partial charge on any atom is 0.200 e. The molecular weight excluding hydrogens is 312 g/mol. The van der Waals surface area contributed by atoms with Crippen molar-refractivity contribution in [1.29, 1.82) is 0 Å². The van der Waals surface area contributed by atoms with Crippen LogP contribution >= 0.6 is 0 Å². The van der Waals surface area contributed by atoms with Crippen LogP contribution in [0.25, 0.3) is 0 Å². The first-order valence-corrected chi connectivity index (χ1v) is 8.05. The van der Waals surface area contributed by atoms with Gasteiger partial charge in [-0.2, -0.15) is 0 Å². The third-order valence-corrected chi connectivity index (χ3v) is 3.44. The monoisotopic (exact) mass is 334 g/mol. The van der Waals surface area contributed by atoms with Gasteiger partial charge in [-0.25, -0.2) is 0 Å². The van der Waals surface area contributed by atoms with Crippen LogP contribution in [-0.2, 0) is 4.74 Å². The van der Waals surface area contributed by atoms with E-state index in [0.29, 0.717) is 17.1 Å². The molecule has 25 heavy (non-hydrogen) atoms. The third-order valence-electron chi connectivity index (χ3n) is 3.44. The fourth-order valence-corrected chi connectivity index (χ4v) is 2.03. The van der Waals surface area contributed by atoms with Gasteiger partial charge in [0.05, 0.1) is 5.76 Å². The Morgan fingerprint density at radius 3 is 2.20 bits per heavy atom. The summed E-state index contributed by atoms with van der Waals surface area (Å²) in [5, 5.41) is 0. The van der Waals surface area contributed by atoms with Crippen LogP contribution in [0, 0.1) is 6.92 Å². The first-order chi connectivity index (χ1) is 12.1. The molecule has 0 saturated carbocycles. The quantitative estimate of drug-likeness (QED) is 0.356. The topological polar surface area (TPSA) is 35.5 Å². The summed E-state index contributed by atoms with van der Waals surface area (Å²) in [4.78, 5) is 12.2. The van der Waals surface area contributed by atoms with Crippen molar-refractivity contribution in [2.45, 2.75) is 13.8 Å². The Balaban J connectivity index is 1.91. The maximum absolute atomic E-state index is 12.2. The van der Waals surface area contributed by atoms with E-state index < -0.39 is 0 Å². The van der Waals surface area contributed by atoms with Crippen LogP contribution < -0.4 is 4.74 Å². The Labute approximate surface area is 148 Å². The normalized spacial score (nSPS) is 11.4. The Morgan fingerprint density at radius 1 is 1.00 bits per heavy atom. The molecule has 0 saturated heterocycles. The van der Waals surface area contributed by atoms with Gasteiger partial charge in [-0.05, 0) is 56.3 Å². The van der Waals surface area contributed by atoms with Gasteiger partial charge in [-0.3, -0.25) is 4.79 Å². The zero-order valence-electron chi connectivity index (χ0n) is 14.6. The molecule has 0 radical (unpaired) electrons. The van der Waals surface area contributed by atoms with Crippen LogP contribution in [0.5, 0.6) is 11.5 Å². The second kappa shape index (κ2) is 9.28. The number of rotatable bonds is 8. The molecule has 2 rings (SSSR count). The molecule has 2 aromatic carbocycles. The smallest absolute Gasteiger partial charge is 0.200 e. The maximum atomic E-state index is 12.2. The van der Waals surface area contributed by atoms with Crippen molar-refractivity contribution in [3.63, 3.8) is 0 Å². The standard InChI is InChI=1S/C22H22O3/c1-4-5-6-7-18(3)24-16-22(23)19-10-14-21(15-11-19)25-20-12-8-17(2)9-13-20/h4-15H,1,16H2,2-3H3/b6-5-,18-7-. The molecule has 0 aliphatic heterocycles. The largest absolute Gasteiger partial charge is 0.490 e. The van der Waals surface area contributed by atoms with Crippen LogP contribution in [0.4, 0.5) is 0 Å². The number of aryl methyl sites for hydroxylation is 1. The molecule has 0 N–H and O–H groups in total. The number of hydrogen-bond acceptors (Lipinski definition) is 3. The van der Waals surface area contributed by atoms with Gasteiger partial charge in [0.15, 0.2) is 12.4 Å². The average Bonchev–Trinajstić information content (AvgIpc) is 2.62. The van der Waals surface area contributed by atoms with Gasteiger partial charge in [0.25, 0.3) is 0 Å². The first kappa shape index (κ1) is 18.3. The Hall–Kier alpha value is -3.07. The molecule has 128 valence electrons. The minimum atomic E-state index is -0.0812. The third kappa shape index (κ3) is 6.15. The van der Waals surface area contributed by atoms with Crippen molar-refractivity contribution in [3.8, 4) is 11.5 Å². The van der Waals surface area contributed by atoms with E-state index in [9.17, 15) is 4.79 Å². The SMILES string of the molecule is C=C/C=C\C=C(\C)OCC(=O)c1ccc(Oc2ccc(C)cc2)cc1. The summed E-state index contributed by atoms with van der Waals surface area (Å²) in [5.41, 5.74) is 1.77. The lowest BCUT2D eigenvalue weighted by Gasteiger charge is -2.08. The Kier molecular flexibility index (Phi) is 6.78. The Bertz CT molecular complexity index is 766. The van der Waals surface area contributed by atoms with Crippen LogP contribution in [-0.4, -0.2) is 12.4 Å². The summed E-state index contributed by atoms with van der Waals surface area (Å²) in [6.45, 7) is 7.42. The molecule has 0 bridgehead atoms. The second-order valence-corrected chi connectivity index (χ2v) is 5.55. The van der Waals surface area contributed by atoms with Crippen molar-refractivity contribution >= 4 is 5.78 Å². The van der Waals surface area contributed by atoms with Crippen LogP contribution in [0.3, 0.4) is 0 Å². The van der Waals surface area contributed by atoms with E-state index in [1.165, 1.54) is 5.56 Å². The van der Waals surface area contributed by atoms with Crippen molar-refractivity contribution in [2.24, 2.45) is 0 Å². The summed E-state index contributed by atoms with van der Waals surface area (Å²) in [5.74, 6) is 2.04. The highest BCUT2D eigenvalue weighted by atomic mass is 16.5. The van der Waals surface area contributed by atoms with Gasteiger partial charge >= 0.3 is 0 Å². The summed E-state index contributed by atoms with van der Waals surface area (Å²) >= 11 is 0. The highest BCUT2D eigenvalue weighted by molar-refractivity contribution is 5.97. The zero-order chi connectivity index (χ0) is 18.1. The van der Waals surface area contributed by atoms with Crippen LogP contribution in [0.1, 0.15) is 22.8 Å². The molecule has 0 heterocycles. The van der Waals surface area contributed by atoms with Gasteiger partial charge in [0, 0.05) is 5.56 Å². The van der Waals surface area contributed by atoms with Crippen molar-refractivity contribution < 1.29 is 14.3 Å². The van der Waals surface area contributed by atoms with E-state index in [1.54, 1.807) is 49.4 Å². The highest BCUT2D eigenvalue weighted by Crippen LogP contribution is 2.22. The second-order valence-electron chi connectivity index (χ2n) is 5.55. The minimum absolute atomic E-state index is 0.00241. The molecule has 2 aromatic rings. The summed E-state index contributed by atoms with van der Waals surface area (Å²) in [7, 11) is 0. The number of benzene rings is 2. The predicted octanol–water partition coefficient (Wildman–Crippen LogP) is 5.63. The zero-order valence-corrected chi connectivity index (χ0v) is 14.6. The lowest BCUT2D eigenvalue weighted by atomic mass is 10.1. The number of carbonyl (C=O) groups excluding carboxylic acids is 1. The molecule has 0 aliphatic rings. The average molecular weight is 334 g/mol. The molecule has 0 amide bonds. The van der Waals surface area contributed by atoms with Crippen molar-refractivity contribution in [3.05, 3.63) is 96.3 Å². The number of Topliss-reactive ketones (excluding diaryl/α,β-unsaturated/α-hetero) is 1. The van der Waals surface area contributed by atoms with Crippen LogP contribution in [0.15, 0.2) is 85.2 Å². The van der Waals surface area contributed by atoms with Crippen molar-refractivity contribution in [1.82, 2.24) is 0 Å². The molecule has 0 fully saturated rings. The van der Waals surface area contributed by atoms with Gasteiger partial charge in [-0.1, -0.05) is 42.5 Å². The molecular formula is C22H22O3. The van der Waals surface area contributed by atoms with Gasteiger partial charge in [0.1, 0.15) is 11.5 Å². The van der Waals surface area contributed by atoms with Gasteiger partial charge in [0.2, 0.25) is 0 Å². The van der Waals surface area contributed by atoms with E-state index in [0.717, 1.165) is 5.75 Å². The molecule has 0 spiro atoms. The molecule has 0 aliphatic carbocycles. The number of allylic oxidation sites excluding steroid dienone is 5. The lowest BCUT2D eigenvalue weighted by molar-refractivity contribution is 0.0863. The highest BCUT2D eigenvalue weighted by Gasteiger charge is 2.07. The Morgan fingerprint density at radius 2 is 1.60 bits per heavy atom. The molecule has 0 unspecified atom stereocenters. The van der Waals surface area contributed by atoms with E-state index in [4.69, 9.17) is 9.47 Å². The molecule has 3 nitrogen and oxygen atoms in total. The number of ether oxygens (including phenoxy) is 2. The molecule has 0 aromatic heterocycles. The minimum Gasteiger partial charge on any atom is -0.490 e. The summed E-state index contributed by atoms with van der Waals surface area (Å²) in [6.07, 6.45) is 7.06. The van der Waals surface area contributed by atoms with Crippen LogP contribution in [0.2, 0.25) is 0 Å². The fraction of sp³-hybridized carbons (Fsp3) is 0.136. The van der Waals surface area contributed by atoms with Gasteiger partial charge in [-0.15, -0.1) is 0 Å². The number of hydrogen-bond donors (Lipinski definition) is 0. The van der Waals surface area contributed by atoms with E-state index in [-0.39, 0.29) is 12.4 Å². The van der Waals surface area contributed by atoms with Crippen molar-refractivity contribution in [2.75, 3.05) is 6.61 Å². The lowest BCUT2D eigenvalue weighted by Crippen LogP contribution is -2.08. The fourth-order valence-electron chi connectivity index (χ4n) is 2.03. The van der Waals surface area contributed by atoms with E-state index in [1.807, 2.05) is 37.3 Å².